The van der Waals surface area contributed by atoms with E-state index in [1.54, 1.807) is 0 Å². The highest BCUT2D eigenvalue weighted by atomic mass is 79.9. The maximum absolute atomic E-state index is 3.75. The molecular weight excluding hydrogens is 326 g/mol. The van der Waals surface area contributed by atoms with E-state index in [9.17, 15) is 0 Å². The first-order valence-corrected chi connectivity index (χ1v) is 8.84. The molecule has 2 atom stereocenters. The van der Waals surface area contributed by atoms with Gasteiger partial charge in [0.1, 0.15) is 0 Å². The van der Waals surface area contributed by atoms with Gasteiger partial charge in [-0.15, -0.1) is 0 Å². The van der Waals surface area contributed by atoms with E-state index in [0.717, 1.165) is 26.2 Å². The molecule has 0 saturated carbocycles. The predicted molar refractivity (Wildman–Crippen MR) is 95.2 cm³/mol. The van der Waals surface area contributed by atoms with E-state index >= 15 is 0 Å². The van der Waals surface area contributed by atoms with Crippen LogP contribution in [0, 0.1) is 0 Å². The van der Waals surface area contributed by atoms with Crippen molar-refractivity contribution in [3.8, 4) is 0 Å². The second-order valence-electron chi connectivity index (χ2n) is 5.97. The van der Waals surface area contributed by atoms with Gasteiger partial charge in [-0.2, -0.15) is 0 Å². The van der Waals surface area contributed by atoms with Crippen molar-refractivity contribution in [1.29, 1.82) is 0 Å². The van der Waals surface area contributed by atoms with Gasteiger partial charge >= 0.3 is 0 Å². The third-order valence-corrected chi connectivity index (χ3v) is 5.26. The molecule has 2 rings (SSSR count). The maximum atomic E-state index is 3.75. The fourth-order valence-corrected chi connectivity index (χ4v) is 3.81. The number of piperazine rings is 1. The molecule has 0 bridgehead atoms. The van der Waals surface area contributed by atoms with Crippen molar-refractivity contribution in [3.63, 3.8) is 0 Å². The lowest BCUT2D eigenvalue weighted by Crippen LogP contribution is -2.51. The van der Waals surface area contributed by atoms with Crippen molar-refractivity contribution in [2.75, 3.05) is 38.1 Å². The van der Waals surface area contributed by atoms with Gasteiger partial charge in [0.25, 0.3) is 0 Å². The zero-order valence-electron chi connectivity index (χ0n) is 13.7. The minimum absolute atomic E-state index is 0.384. The van der Waals surface area contributed by atoms with E-state index in [4.69, 9.17) is 0 Å². The van der Waals surface area contributed by atoms with Gasteiger partial charge in [0.15, 0.2) is 0 Å². The number of nitrogens with zero attached hydrogens (tertiary/aromatic N) is 2. The number of rotatable bonds is 5. The first-order valence-electron chi connectivity index (χ1n) is 8.04. The first-order chi connectivity index (χ1) is 10.1. The van der Waals surface area contributed by atoms with Crippen LogP contribution in [-0.2, 0) is 0 Å². The smallest absolute Gasteiger partial charge is 0.0378 e. The number of nitrogens with one attached hydrogen (secondary N) is 1. The highest BCUT2D eigenvalue weighted by molar-refractivity contribution is 9.10. The summed E-state index contributed by atoms with van der Waals surface area (Å²) in [6.07, 6.45) is 1.21. The molecular formula is C17H28BrN3. The van der Waals surface area contributed by atoms with E-state index < -0.39 is 0 Å². The molecule has 1 fully saturated rings. The normalized spacial score (nSPS) is 21.6. The van der Waals surface area contributed by atoms with E-state index in [2.05, 4.69) is 77.1 Å². The first kappa shape index (κ1) is 16.8. The Kier molecular flexibility index (Phi) is 6.08. The molecule has 0 amide bonds. The van der Waals surface area contributed by atoms with Crippen molar-refractivity contribution < 1.29 is 0 Å². The summed E-state index contributed by atoms with van der Waals surface area (Å²) in [6.45, 7) is 11.0. The molecule has 1 saturated heterocycles. The molecule has 2 unspecified atom stereocenters. The molecule has 1 heterocycles. The molecule has 118 valence electrons. The van der Waals surface area contributed by atoms with E-state index in [-0.39, 0.29) is 0 Å². The van der Waals surface area contributed by atoms with Gasteiger partial charge in [0.2, 0.25) is 0 Å². The van der Waals surface area contributed by atoms with Crippen LogP contribution in [0.15, 0.2) is 22.7 Å². The van der Waals surface area contributed by atoms with Crippen LogP contribution >= 0.6 is 15.9 Å². The van der Waals surface area contributed by atoms with Crippen LogP contribution in [-0.4, -0.2) is 44.2 Å². The fraction of sp³-hybridized carbons (Fsp3) is 0.647. The third-order valence-electron chi connectivity index (χ3n) is 4.57. The Morgan fingerprint density at radius 1 is 1.33 bits per heavy atom. The third kappa shape index (κ3) is 3.99. The molecule has 1 aromatic rings. The van der Waals surface area contributed by atoms with Gasteiger partial charge in [-0.05, 0) is 44.6 Å². The van der Waals surface area contributed by atoms with E-state index in [0.29, 0.717) is 12.1 Å². The lowest BCUT2D eigenvalue weighted by Gasteiger charge is -2.40. The Labute approximate surface area is 137 Å². The number of benzene rings is 1. The summed E-state index contributed by atoms with van der Waals surface area (Å²) in [5.74, 6) is 0. The molecule has 1 aliphatic rings. The summed E-state index contributed by atoms with van der Waals surface area (Å²) in [6, 6.07) is 7.85. The van der Waals surface area contributed by atoms with Crippen LogP contribution in [0.3, 0.4) is 0 Å². The Bertz CT molecular complexity index is 463. The number of hydrogen-bond acceptors (Lipinski definition) is 3. The quantitative estimate of drug-likeness (QED) is 0.871. The Balaban J connectivity index is 2.13. The average molecular weight is 354 g/mol. The minimum atomic E-state index is 0.384. The monoisotopic (exact) mass is 353 g/mol. The summed E-state index contributed by atoms with van der Waals surface area (Å²) in [5, 5.41) is 3.47. The molecule has 0 radical (unpaired) electrons. The standard InChI is InChI=1S/C17H28BrN3/c1-5-14-12-21(10-9-20(14)4)15-7-8-16(17(18)11-15)13(3)19-6-2/h7-8,11,13-14,19H,5-6,9-10,12H2,1-4H3. The van der Waals surface area contributed by atoms with Gasteiger partial charge in [-0.25, -0.2) is 0 Å². The molecule has 1 aliphatic heterocycles. The van der Waals surface area contributed by atoms with E-state index in [1.165, 1.54) is 22.1 Å². The van der Waals surface area contributed by atoms with Crippen LogP contribution in [0.25, 0.3) is 0 Å². The number of hydrogen-bond donors (Lipinski definition) is 1. The maximum Gasteiger partial charge on any atom is 0.0378 e. The van der Waals surface area contributed by atoms with Crippen molar-refractivity contribution in [2.24, 2.45) is 0 Å². The minimum Gasteiger partial charge on any atom is -0.369 e. The Morgan fingerprint density at radius 3 is 2.71 bits per heavy atom. The van der Waals surface area contributed by atoms with Gasteiger partial charge < -0.3 is 10.2 Å². The molecule has 1 aromatic carbocycles. The Hall–Kier alpha value is -0.580. The van der Waals surface area contributed by atoms with Crippen molar-refractivity contribution in [2.45, 2.75) is 39.3 Å². The van der Waals surface area contributed by atoms with Gasteiger partial charge in [-0.1, -0.05) is 35.8 Å². The molecule has 4 heteroatoms. The van der Waals surface area contributed by atoms with Gasteiger partial charge in [0, 0.05) is 41.9 Å². The van der Waals surface area contributed by atoms with Gasteiger partial charge in [-0.3, -0.25) is 4.90 Å². The lowest BCUT2D eigenvalue weighted by molar-refractivity contribution is 0.213. The van der Waals surface area contributed by atoms with Crippen LogP contribution < -0.4 is 10.2 Å². The van der Waals surface area contributed by atoms with Crippen LogP contribution in [0.2, 0.25) is 0 Å². The topological polar surface area (TPSA) is 18.5 Å². The number of anilines is 1. The van der Waals surface area contributed by atoms with Crippen molar-refractivity contribution >= 4 is 21.6 Å². The summed E-state index contributed by atoms with van der Waals surface area (Å²) >= 11 is 3.75. The summed E-state index contributed by atoms with van der Waals surface area (Å²) in [5.41, 5.74) is 2.67. The van der Waals surface area contributed by atoms with Crippen molar-refractivity contribution in [1.82, 2.24) is 10.2 Å². The highest BCUT2D eigenvalue weighted by Gasteiger charge is 2.23. The molecule has 0 spiro atoms. The van der Waals surface area contributed by atoms with Crippen molar-refractivity contribution in [3.05, 3.63) is 28.2 Å². The second kappa shape index (κ2) is 7.61. The largest absolute Gasteiger partial charge is 0.369 e. The predicted octanol–water partition coefficient (Wildman–Crippen LogP) is 3.65. The Morgan fingerprint density at radius 2 is 2.10 bits per heavy atom. The zero-order valence-corrected chi connectivity index (χ0v) is 15.3. The second-order valence-corrected chi connectivity index (χ2v) is 6.83. The average Bonchev–Trinajstić information content (AvgIpc) is 2.47. The number of likely N-dealkylation sites (N-methyl/N-ethyl adjacent to an activating group) is 1. The van der Waals surface area contributed by atoms with Crippen LogP contribution in [0.4, 0.5) is 5.69 Å². The molecule has 21 heavy (non-hydrogen) atoms. The lowest BCUT2D eigenvalue weighted by atomic mass is 10.1. The summed E-state index contributed by atoms with van der Waals surface area (Å²) in [7, 11) is 2.24. The molecule has 0 aromatic heterocycles. The molecule has 0 aliphatic carbocycles. The van der Waals surface area contributed by atoms with Crippen LogP contribution in [0.1, 0.15) is 38.8 Å². The molecule has 1 N–H and O–H groups in total. The molecule has 3 nitrogen and oxygen atoms in total. The SMILES string of the molecule is CCNC(C)c1ccc(N2CCN(C)C(CC)C2)cc1Br. The van der Waals surface area contributed by atoms with E-state index in [1.807, 2.05) is 0 Å². The highest BCUT2D eigenvalue weighted by Crippen LogP contribution is 2.29. The van der Waals surface area contributed by atoms with Gasteiger partial charge in [0.05, 0.1) is 0 Å². The summed E-state index contributed by atoms with van der Waals surface area (Å²) < 4.78 is 1.21. The zero-order chi connectivity index (χ0) is 15.4. The fourth-order valence-electron chi connectivity index (χ4n) is 3.10. The summed E-state index contributed by atoms with van der Waals surface area (Å²) in [4.78, 5) is 4.99. The van der Waals surface area contributed by atoms with Crippen LogP contribution in [0.5, 0.6) is 0 Å². The number of halogens is 1.